The highest BCUT2D eigenvalue weighted by atomic mass is 35.5. The number of nitrogens with one attached hydrogen (secondary N) is 1. The van der Waals surface area contributed by atoms with Gasteiger partial charge in [-0.2, -0.15) is 4.31 Å². The number of sulfonamides is 1. The number of nitrogens with zero attached hydrogens (tertiary/aromatic N) is 2. The molecule has 0 aliphatic rings. The van der Waals surface area contributed by atoms with E-state index in [1.54, 1.807) is 18.2 Å². The summed E-state index contributed by atoms with van der Waals surface area (Å²) in [5.41, 5.74) is 0.900. The Morgan fingerprint density at radius 2 is 1.50 bits per heavy atom. The maximum atomic E-state index is 13.9. The first-order valence-corrected chi connectivity index (χ1v) is 15.1. The van der Waals surface area contributed by atoms with Gasteiger partial charge in [-0.25, -0.2) is 8.42 Å². The number of rotatable bonds is 10. The monoisotopic (exact) mass is 623 g/mol. The number of carbonyl (C=O) groups excluding carboxylic acids is 2. The predicted octanol–water partition coefficient (Wildman–Crippen LogP) is 5.82. The van der Waals surface area contributed by atoms with Gasteiger partial charge in [-0.15, -0.1) is 0 Å². The largest absolute Gasteiger partial charge is 0.350 e. The smallest absolute Gasteiger partial charge is 0.243 e. The third kappa shape index (κ3) is 8.69. The van der Waals surface area contributed by atoms with Crippen molar-refractivity contribution in [1.29, 1.82) is 0 Å². The maximum absolute atomic E-state index is 13.9. The van der Waals surface area contributed by atoms with Gasteiger partial charge in [0.1, 0.15) is 6.04 Å². The van der Waals surface area contributed by atoms with Gasteiger partial charge >= 0.3 is 0 Å². The molecule has 0 saturated carbocycles. The molecule has 0 spiro atoms. The molecule has 3 aromatic carbocycles. The van der Waals surface area contributed by atoms with Gasteiger partial charge in [-0.05, 0) is 68.3 Å². The molecule has 2 amide bonds. The molecule has 0 bridgehead atoms. The van der Waals surface area contributed by atoms with E-state index in [0.29, 0.717) is 20.6 Å². The van der Waals surface area contributed by atoms with Crippen LogP contribution < -0.4 is 5.32 Å². The lowest BCUT2D eigenvalue weighted by molar-refractivity contribution is -0.141. The highest BCUT2D eigenvalue weighted by molar-refractivity contribution is 7.89. The summed E-state index contributed by atoms with van der Waals surface area (Å²) in [5.74, 6) is -0.927. The molecule has 0 fully saturated rings. The predicted molar refractivity (Wildman–Crippen MR) is 160 cm³/mol. The van der Waals surface area contributed by atoms with Crippen molar-refractivity contribution in [2.24, 2.45) is 0 Å². The van der Waals surface area contributed by atoms with Crippen LogP contribution in [0, 0.1) is 0 Å². The number of likely N-dealkylation sites (N-methyl/N-ethyl adjacent to an activating group) is 1. The van der Waals surface area contributed by atoms with Crippen molar-refractivity contribution in [2.45, 2.75) is 50.2 Å². The Bertz CT molecular complexity index is 1440. The van der Waals surface area contributed by atoms with E-state index in [4.69, 9.17) is 34.8 Å². The molecule has 1 atom stereocenters. The van der Waals surface area contributed by atoms with Crippen molar-refractivity contribution in [1.82, 2.24) is 14.5 Å². The van der Waals surface area contributed by atoms with E-state index in [1.807, 2.05) is 51.1 Å². The van der Waals surface area contributed by atoms with Crippen LogP contribution in [0.4, 0.5) is 0 Å². The summed E-state index contributed by atoms with van der Waals surface area (Å²) in [6.07, 6.45) is 0.212. The first-order valence-electron chi connectivity index (χ1n) is 12.5. The van der Waals surface area contributed by atoms with Crippen LogP contribution in [0.5, 0.6) is 0 Å². The molecule has 11 heteroatoms. The third-order valence-electron chi connectivity index (χ3n) is 5.99. The minimum Gasteiger partial charge on any atom is -0.350 e. The zero-order valence-electron chi connectivity index (χ0n) is 22.7. The average molecular weight is 625 g/mol. The number of halogens is 3. The molecule has 1 N–H and O–H groups in total. The summed E-state index contributed by atoms with van der Waals surface area (Å²) in [6.45, 7) is 5.05. The Balaban J connectivity index is 2.01. The van der Waals surface area contributed by atoms with E-state index in [1.165, 1.54) is 36.2 Å². The SMILES string of the molecule is CN(CC(=O)N(Cc1ccc(Cl)c(Cl)c1)[C@H](Cc1ccccc1)C(=O)NC(C)(C)C)S(=O)(=O)c1ccc(Cl)cc1. The highest BCUT2D eigenvalue weighted by Crippen LogP contribution is 2.25. The fourth-order valence-corrected chi connectivity index (χ4v) is 5.56. The van der Waals surface area contributed by atoms with Crippen LogP contribution in [0.15, 0.2) is 77.7 Å². The number of carbonyl (C=O) groups is 2. The second-order valence-electron chi connectivity index (χ2n) is 10.4. The van der Waals surface area contributed by atoms with Gasteiger partial charge < -0.3 is 10.2 Å². The van der Waals surface area contributed by atoms with E-state index in [0.717, 1.165) is 9.87 Å². The summed E-state index contributed by atoms with van der Waals surface area (Å²) < 4.78 is 27.4. The molecular formula is C29H32Cl3N3O4S. The van der Waals surface area contributed by atoms with Gasteiger partial charge in [0.05, 0.1) is 21.5 Å². The van der Waals surface area contributed by atoms with Crippen molar-refractivity contribution in [2.75, 3.05) is 13.6 Å². The summed E-state index contributed by atoms with van der Waals surface area (Å²) >= 11 is 18.3. The standard InChI is InChI=1S/C29H32Cl3N3O4S/c1-29(2,3)33-28(37)26(17-20-8-6-5-7-9-20)35(18-21-10-15-24(31)25(32)16-21)27(36)19-34(4)40(38,39)23-13-11-22(30)12-14-23/h5-16,26H,17-19H2,1-4H3,(H,33,37)/t26-/m1/s1. The maximum Gasteiger partial charge on any atom is 0.243 e. The van der Waals surface area contributed by atoms with Crippen molar-refractivity contribution < 1.29 is 18.0 Å². The number of hydrogen-bond donors (Lipinski definition) is 1. The van der Waals surface area contributed by atoms with Gasteiger partial charge in [-0.1, -0.05) is 71.2 Å². The zero-order valence-corrected chi connectivity index (χ0v) is 25.8. The van der Waals surface area contributed by atoms with E-state index in [9.17, 15) is 18.0 Å². The van der Waals surface area contributed by atoms with Gasteiger partial charge in [-0.3, -0.25) is 9.59 Å². The Labute approximate surface area is 251 Å². The van der Waals surface area contributed by atoms with E-state index in [2.05, 4.69) is 5.32 Å². The second-order valence-corrected chi connectivity index (χ2v) is 13.7. The molecule has 0 unspecified atom stereocenters. The quantitative estimate of drug-likeness (QED) is 0.308. The number of hydrogen-bond acceptors (Lipinski definition) is 4. The Hall–Kier alpha value is -2.62. The van der Waals surface area contributed by atoms with Crippen LogP contribution in [0.25, 0.3) is 0 Å². The first-order chi connectivity index (χ1) is 18.7. The van der Waals surface area contributed by atoms with Crippen molar-refractivity contribution in [3.8, 4) is 0 Å². The molecular weight excluding hydrogens is 593 g/mol. The fraction of sp³-hybridized carbons (Fsp3) is 0.310. The molecule has 7 nitrogen and oxygen atoms in total. The number of benzene rings is 3. The summed E-state index contributed by atoms with van der Waals surface area (Å²) in [6, 6.07) is 19.0. The zero-order chi connectivity index (χ0) is 29.7. The molecule has 40 heavy (non-hydrogen) atoms. The van der Waals surface area contributed by atoms with Gasteiger partial charge in [0.25, 0.3) is 0 Å². The summed E-state index contributed by atoms with van der Waals surface area (Å²) in [7, 11) is -2.70. The lowest BCUT2D eigenvalue weighted by Crippen LogP contribution is -2.56. The van der Waals surface area contributed by atoms with Crippen molar-refractivity contribution in [3.05, 3.63) is 99.0 Å². The molecule has 0 radical (unpaired) electrons. The second kappa shape index (κ2) is 13.4. The van der Waals surface area contributed by atoms with Gasteiger partial charge in [0.15, 0.2) is 0 Å². The molecule has 214 valence electrons. The van der Waals surface area contributed by atoms with Crippen molar-refractivity contribution in [3.63, 3.8) is 0 Å². The topological polar surface area (TPSA) is 86.8 Å². The Morgan fingerprint density at radius 3 is 2.08 bits per heavy atom. The normalized spacial score (nSPS) is 12.7. The molecule has 0 heterocycles. The summed E-state index contributed by atoms with van der Waals surface area (Å²) in [5, 5.41) is 4.01. The highest BCUT2D eigenvalue weighted by Gasteiger charge is 2.34. The van der Waals surface area contributed by atoms with Gasteiger partial charge in [0, 0.05) is 30.6 Å². The Kier molecular flexibility index (Phi) is 10.7. The molecule has 3 rings (SSSR count). The lowest BCUT2D eigenvalue weighted by Gasteiger charge is -2.34. The Morgan fingerprint density at radius 1 is 0.875 bits per heavy atom. The molecule has 3 aromatic rings. The van der Waals surface area contributed by atoms with Crippen LogP contribution in [0.2, 0.25) is 15.1 Å². The van der Waals surface area contributed by atoms with E-state index >= 15 is 0 Å². The third-order valence-corrected chi connectivity index (χ3v) is 8.79. The van der Waals surface area contributed by atoms with Crippen molar-refractivity contribution >= 4 is 56.6 Å². The average Bonchev–Trinajstić information content (AvgIpc) is 2.88. The van der Waals surface area contributed by atoms with Crippen LogP contribution in [-0.2, 0) is 32.6 Å². The minimum absolute atomic E-state index is 0.000379. The summed E-state index contributed by atoms with van der Waals surface area (Å²) in [4.78, 5) is 28.9. The van der Waals surface area contributed by atoms with Crippen LogP contribution in [0.1, 0.15) is 31.9 Å². The van der Waals surface area contributed by atoms with Gasteiger partial charge in [0.2, 0.25) is 21.8 Å². The van der Waals surface area contributed by atoms with Crippen LogP contribution in [0.3, 0.4) is 0 Å². The molecule has 0 aromatic heterocycles. The van der Waals surface area contributed by atoms with Crippen LogP contribution in [-0.4, -0.2) is 54.6 Å². The van der Waals surface area contributed by atoms with E-state index < -0.39 is 34.1 Å². The minimum atomic E-state index is -4.02. The fourth-order valence-electron chi connectivity index (χ4n) is 3.99. The first kappa shape index (κ1) is 31.9. The number of amides is 2. The van der Waals surface area contributed by atoms with E-state index in [-0.39, 0.29) is 23.8 Å². The molecule has 0 saturated heterocycles. The van der Waals surface area contributed by atoms with Crippen LogP contribution >= 0.6 is 34.8 Å². The molecule has 0 aliphatic carbocycles. The lowest BCUT2D eigenvalue weighted by atomic mass is 10.0. The molecule has 0 aliphatic heterocycles.